The van der Waals surface area contributed by atoms with Crippen LogP contribution in [0.4, 0.5) is 5.69 Å². The number of fused-ring (bicyclic) bond motifs is 3. The normalized spacial score (nSPS) is 24.9. The molecule has 0 bridgehead atoms. The predicted molar refractivity (Wildman–Crippen MR) is 157 cm³/mol. The van der Waals surface area contributed by atoms with E-state index in [4.69, 9.17) is 0 Å². The van der Waals surface area contributed by atoms with Crippen molar-refractivity contribution < 1.29 is 4.79 Å². The molecule has 3 heterocycles. The summed E-state index contributed by atoms with van der Waals surface area (Å²) < 4.78 is 0. The first kappa shape index (κ1) is 24.6. The molecule has 4 aliphatic rings. The number of allylic oxidation sites excluding steroid dienone is 4. The van der Waals surface area contributed by atoms with Gasteiger partial charge < -0.3 is 20.9 Å². The first-order valence-electron chi connectivity index (χ1n) is 14.5. The van der Waals surface area contributed by atoms with Crippen LogP contribution in [0.2, 0.25) is 0 Å². The summed E-state index contributed by atoms with van der Waals surface area (Å²) in [5.41, 5.74) is 9.63. The fourth-order valence-electron chi connectivity index (χ4n) is 6.85. The molecule has 3 aromatic rings. The van der Waals surface area contributed by atoms with Crippen molar-refractivity contribution in [2.24, 2.45) is 0 Å². The maximum atomic E-state index is 12.7. The van der Waals surface area contributed by atoms with Crippen molar-refractivity contribution in [1.82, 2.24) is 20.6 Å². The van der Waals surface area contributed by atoms with Crippen LogP contribution in [0.5, 0.6) is 0 Å². The van der Waals surface area contributed by atoms with Gasteiger partial charge in [-0.05, 0) is 90.7 Å². The molecule has 2 saturated heterocycles. The summed E-state index contributed by atoms with van der Waals surface area (Å²) in [6.45, 7) is 6.59. The van der Waals surface area contributed by atoms with Gasteiger partial charge in [-0.3, -0.25) is 4.79 Å². The lowest BCUT2D eigenvalue weighted by Gasteiger charge is -2.24. The molecule has 0 saturated carbocycles. The Morgan fingerprint density at radius 1 is 1.00 bits per heavy atom. The van der Waals surface area contributed by atoms with E-state index in [1.807, 2.05) is 12.3 Å². The largest absolute Gasteiger partial charge is 0.341 e. The van der Waals surface area contributed by atoms with Gasteiger partial charge in [0, 0.05) is 17.0 Å². The van der Waals surface area contributed by atoms with Gasteiger partial charge in [-0.2, -0.15) is 0 Å². The molecule has 2 aliphatic heterocycles. The van der Waals surface area contributed by atoms with Crippen LogP contribution < -0.4 is 16.0 Å². The molecular weight excluding hydrogens is 482 g/mol. The highest BCUT2D eigenvalue weighted by Crippen LogP contribution is 2.50. The number of anilines is 1. The van der Waals surface area contributed by atoms with Gasteiger partial charge >= 0.3 is 0 Å². The van der Waals surface area contributed by atoms with Gasteiger partial charge in [-0.25, -0.2) is 4.98 Å². The molecule has 2 fully saturated rings. The maximum Gasteiger partial charge on any atom is 0.241 e. The Morgan fingerprint density at radius 3 is 2.54 bits per heavy atom. The molecule has 4 N–H and O–H groups in total. The molecule has 200 valence electrons. The highest BCUT2D eigenvalue weighted by atomic mass is 16.2. The number of rotatable bonds is 5. The van der Waals surface area contributed by atoms with Crippen LogP contribution in [0.25, 0.3) is 16.7 Å². The second-order valence-corrected chi connectivity index (χ2v) is 12.0. The number of aromatic amines is 1. The number of nitrogens with one attached hydrogen (secondary N) is 4. The molecule has 39 heavy (non-hydrogen) atoms. The number of hydrogen-bond donors (Lipinski definition) is 4. The molecule has 6 heteroatoms. The first-order valence-corrected chi connectivity index (χ1v) is 14.5. The van der Waals surface area contributed by atoms with Crippen molar-refractivity contribution in [3.05, 3.63) is 89.0 Å². The number of hydrogen-bond acceptors (Lipinski definition) is 4. The van der Waals surface area contributed by atoms with Crippen LogP contribution in [0.15, 0.2) is 60.8 Å². The predicted octanol–water partition coefficient (Wildman–Crippen LogP) is 5.96. The van der Waals surface area contributed by atoms with Crippen molar-refractivity contribution >= 4 is 17.2 Å². The van der Waals surface area contributed by atoms with E-state index in [1.54, 1.807) is 0 Å². The SMILES string of the molecule is CC1(C)c2cc(NC(=O)[C@@H]3CCCN3)ccc2-c2ccc(C3C=CC(c4cnc([C@@H]5CCCN5)[nH]4)=CC3)cc21. The van der Waals surface area contributed by atoms with E-state index in [9.17, 15) is 4.79 Å². The number of nitrogens with zero attached hydrogens (tertiary/aromatic N) is 1. The molecule has 1 unspecified atom stereocenters. The summed E-state index contributed by atoms with van der Waals surface area (Å²) in [7, 11) is 0. The van der Waals surface area contributed by atoms with E-state index in [0.717, 1.165) is 56.0 Å². The Labute approximate surface area is 230 Å². The highest BCUT2D eigenvalue weighted by Gasteiger charge is 2.36. The van der Waals surface area contributed by atoms with Crippen molar-refractivity contribution in [3.63, 3.8) is 0 Å². The molecule has 0 spiro atoms. The lowest BCUT2D eigenvalue weighted by Crippen LogP contribution is -2.35. The third-order valence-electron chi connectivity index (χ3n) is 9.17. The number of carbonyl (C=O) groups excluding carboxylic acids is 1. The van der Waals surface area contributed by atoms with Gasteiger partial charge in [0.25, 0.3) is 0 Å². The average molecular weight is 520 g/mol. The van der Waals surface area contributed by atoms with Gasteiger partial charge in [-0.1, -0.05) is 56.3 Å². The van der Waals surface area contributed by atoms with E-state index in [0.29, 0.717) is 12.0 Å². The highest BCUT2D eigenvalue weighted by molar-refractivity contribution is 5.96. The molecule has 1 aromatic heterocycles. The Balaban J connectivity index is 1.09. The lowest BCUT2D eigenvalue weighted by molar-refractivity contribution is -0.117. The number of carbonyl (C=O) groups is 1. The smallest absolute Gasteiger partial charge is 0.241 e. The number of imidazole rings is 1. The summed E-state index contributed by atoms with van der Waals surface area (Å²) in [4.78, 5) is 20.9. The van der Waals surface area contributed by atoms with Gasteiger partial charge in [0.15, 0.2) is 0 Å². The summed E-state index contributed by atoms with van der Waals surface area (Å²) in [5.74, 6) is 1.48. The summed E-state index contributed by atoms with van der Waals surface area (Å²) in [6.07, 6.45) is 14.2. The Kier molecular flexibility index (Phi) is 6.05. The lowest BCUT2D eigenvalue weighted by atomic mass is 9.80. The van der Waals surface area contributed by atoms with E-state index in [-0.39, 0.29) is 17.4 Å². The van der Waals surface area contributed by atoms with Crippen LogP contribution in [0.1, 0.15) is 86.1 Å². The molecular formula is C33H37N5O. The average Bonchev–Trinajstić information content (AvgIpc) is 3.77. The number of H-pyrrole nitrogens is 1. The fraction of sp³-hybridized carbons (Fsp3) is 0.394. The van der Waals surface area contributed by atoms with Crippen molar-refractivity contribution in [2.45, 2.75) is 69.4 Å². The third-order valence-corrected chi connectivity index (χ3v) is 9.17. The minimum atomic E-state index is -0.132. The van der Waals surface area contributed by atoms with Crippen LogP contribution in [0, 0.1) is 0 Å². The zero-order valence-electron chi connectivity index (χ0n) is 22.8. The third kappa shape index (κ3) is 4.36. The van der Waals surface area contributed by atoms with Crippen molar-refractivity contribution in [3.8, 4) is 11.1 Å². The molecule has 2 aromatic carbocycles. The van der Waals surface area contributed by atoms with Crippen LogP contribution >= 0.6 is 0 Å². The first-order chi connectivity index (χ1) is 19.0. The van der Waals surface area contributed by atoms with E-state index in [1.165, 1.54) is 39.8 Å². The van der Waals surface area contributed by atoms with Gasteiger partial charge in [-0.15, -0.1) is 0 Å². The van der Waals surface area contributed by atoms with Crippen LogP contribution in [-0.2, 0) is 10.2 Å². The minimum Gasteiger partial charge on any atom is -0.341 e. The minimum absolute atomic E-state index is 0.0705. The maximum absolute atomic E-state index is 12.7. The topological polar surface area (TPSA) is 81.8 Å². The van der Waals surface area contributed by atoms with Gasteiger partial charge in [0.1, 0.15) is 5.82 Å². The summed E-state index contributed by atoms with van der Waals surface area (Å²) >= 11 is 0. The van der Waals surface area contributed by atoms with Crippen molar-refractivity contribution in [2.75, 3.05) is 18.4 Å². The molecule has 0 radical (unpaired) electrons. The molecule has 6 nitrogen and oxygen atoms in total. The molecule has 7 rings (SSSR count). The van der Waals surface area contributed by atoms with Crippen LogP contribution in [0.3, 0.4) is 0 Å². The fourth-order valence-corrected chi connectivity index (χ4v) is 6.85. The zero-order chi connectivity index (χ0) is 26.6. The van der Waals surface area contributed by atoms with Crippen LogP contribution in [-0.4, -0.2) is 35.0 Å². The molecule has 1 amide bonds. The second kappa shape index (κ2) is 9.61. The number of aromatic nitrogens is 2. The van der Waals surface area contributed by atoms with Crippen molar-refractivity contribution in [1.29, 1.82) is 0 Å². The van der Waals surface area contributed by atoms with Gasteiger partial charge in [0.05, 0.1) is 24.0 Å². The van der Waals surface area contributed by atoms with E-state index >= 15 is 0 Å². The Bertz CT molecular complexity index is 1480. The standard InChI is InChI=1S/C33H37N5O/c1-33(2)26-17-22(20-7-9-21(10-8-20)30-19-36-31(38-30)28-5-3-15-34-28)11-13-24(26)25-14-12-23(18-27(25)33)37-32(39)29-6-4-16-35-29/h7,9-14,17-20,28-29,34-35H,3-6,8,15-16H2,1-2H3,(H,36,38)(H,37,39)/t20?,28-,29-/m0/s1. The summed E-state index contributed by atoms with van der Waals surface area (Å²) in [6, 6.07) is 13.7. The summed E-state index contributed by atoms with van der Waals surface area (Å²) in [5, 5.41) is 9.96. The quantitative estimate of drug-likeness (QED) is 0.335. The molecule has 3 atom stereocenters. The van der Waals surface area contributed by atoms with E-state index < -0.39 is 0 Å². The van der Waals surface area contributed by atoms with Gasteiger partial charge in [0.2, 0.25) is 5.91 Å². The monoisotopic (exact) mass is 519 g/mol. The Hall–Kier alpha value is -3.48. The zero-order valence-corrected chi connectivity index (χ0v) is 22.8. The number of benzene rings is 2. The van der Waals surface area contributed by atoms with E-state index in [2.05, 4.69) is 88.3 Å². The number of amides is 1. The Morgan fingerprint density at radius 2 is 1.79 bits per heavy atom. The molecule has 2 aliphatic carbocycles. The second-order valence-electron chi connectivity index (χ2n) is 12.0.